The average molecular weight is 372 g/mol. The number of pyridine rings is 1. The number of H-pyrrole nitrogens is 1. The summed E-state index contributed by atoms with van der Waals surface area (Å²) in [6, 6.07) is 20.3. The first-order chi connectivity index (χ1) is 13.4. The van der Waals surface area contributed by atoms with E-state index in [4.69, 9.17) is 10.5 Å². The first kappa shape index (κ1) is 18.0. The highest BCUT2D eigenvalue weighted by Crippen LogP contribution is 2.35. The Kier molecular flexibility index (Phi) is 4.51. The minimum atomic E-state index is -0.0879. The minimum absolute atomic E-state index is 0.0879. The molecule has 0 unspecified atom stereocenters. The molecule has 0 aliphatic rings. The van der Waals surface area contributed by atoms with Crippen molar-refractivity contribution in [1.82, 2.24) is 15.2 Å². The third kappa shape index (κ3) is 3.56. The van der Waals surface area contributed by atoms with Gasteiger partial charge in [0.15, 0.2) is 5.65 Å². The van der Waals surface area contributed by atoms with Crippen LogP contribution in [0.2, 0.25) is 0 Å². The van der Waals surface area contributed by atoms with Gasteiger partial charge in [0.2, 0.25) is 0 Å². The van der Waals surface area contributed by atoms with Gasteiger partial charge >= 0.3 is 0 Å². The zero-order chi connectivity index (χ0) is 19.7. The molecule has 0 spiro atoms. The molecule has 0 radical (unpaired) electrons. The number of nitrogens with one attached hydrogen (secondary N) is 1. The van der Waals surface area contributed by atoms with Crippen LogP contribution in [-0.2, 0) is 12.0 Å². The van der Waals surface area contributed by atoms with E-state index in [-0.39, 0.29) is 5.41 Å². The van der Waals surface area contributed by atoms with E-state index in [1.165, 1.54) is 0 Å². The lowest BCUT2D eigenvalue weighted by molar-refractivity contribution is 0.306. The summed E-state index contributed by atoms with van der Waals surface area (Å²) < 4.78 is 5.90. The molecule has 0 saturated carbocycles. The van der Waals surface area contributed by atoms with Crippen molar-refractivity contribution >= 4 is 16.9 Å². The summed E-state index contributed by atoms with van der Waals surface area (Å²) in [7, 11) is 0. The number of hydrogen-bond donors (Lipinski definition) is 2. The molecule has 2 heterocycles. The number of nitrogen functional groups attached to an aromatic ring is 1. The maximum Gasteiger partial charge on any atom is 0.184 e. The summed E-state index contributed by atoms with van der Waals surface area (Å²) in [5.74, 6) is 1.36. The van der Waals surface area contributed by atoms with Crippen molar-refractivity contribution in [2.75, 3.05) is 5.73 Å². The molecule has 3 N–H and O–H groups in total. The molecule has 0 bridgehead atoms. The predicted octanol–water partition coefficient (Wildman–Crippen LogP) is 5.08. The number of nitrogens with zero attached hydrogens (tertiary/aromatic N) is 2. The number of ether oxygens (including phenoxy) is 1. The van der Waals surface area contributed by atoms with Crippen molar-refractivity contribution in [3.05, 3.63) is 71.9 Å². The van der Waals surface area contributed by atoms with Gasteiger partial charge in [-0.05, 0) is 34.9 Å². The predicted molar refractivity (Wildman–Crippen MR) is 113 cm³/mol. The SMILES string of the molecule is CC(C)(C)c1cc(-c2ccc(OCc3ccccc3)cc2)c2c(N)[nH]nc2n1. The number of aromatic nitrogens is 3. The second-order valence-corrected chi connectivity index (χ2v) is 7.94. The van der Waals surface area contributed by atoms with Gasteiger partial charge in [-0.25, -0.2) is 4.98 Å². The molecule has 5 nitrogen and oxygen atoms in total. The number of fused-ring (bicyclic) bond motifs is 1. The van der Waals surface area contributed by atoms with Crippen molar-refractivity contribution in [3.63, 3.8) is 0 Å². The Hall–Kier alpha value is -3.34. The molecule has 28 heavy (non-hydrogen) atoms. The molecule has 0 fully saturated rings. The van der Waals surface area contributed by atoms with E-state index in [1.54, 1.807) is 0 Å². The van der Waals surface area contributed by atoms with Crippen LogP contribution in [0.1, 0.15) is 32.0 Å². The summed E-state index contributed by atoms with van der Waals surface area (Å²) >= 11 is 0. The molecule has 0 amide bonds. The van der Waals surface area contributed by atoms with Gasteiger partial charge in [0.25, 0.3) is 0 Å². The number of hydrogen-bond acceptors (Lipinski definition) is 4. The molecular weight excluding hydrogens is 348 g/mol. The van der Waals surface area contributed by atoms with E-state index >= 15 is 0 Å². The normalized spacial score (nSPS) is 11.7. The third-order valence-electron chi connectivity index (χ3n) is 4.73. The fourth-order valence-corrected chi connectivity index (χ4v) is 3.13. The van der Waals surface area contributed by atoms with Crippen LogP contribution in [0.4, 0.5) is 5.82 Å². The summed E-state index contributed by atoms with van der Waals surface area (Å²) in [6.45, 7) is 6.97. The summed E-state index contributed by atoms with van der Waals surface area (Å²) in [5, 5.41) is 7.98. The Labute approximate surface area is 164 Å². The minimum Gasteiger partial charge on any atom is -0.489 e. The number of rotatable bonds is 4. The highest BCUT2D eigenvalue weighted by molar-refractivity contribution is 6.00. The molecule has 2 aromatic heterocycles. The highest BCUT2D eigenvalue weighted by atomic mass is 16.5. The topological polar surface area (TPSA) is 76.8 Å². The van der Waals surface area contributed by atoms with Crippen LogP contribution in [0, 0.1) is 0 Å². The average Bonchev–Trinajstić information content (AvgIpc) is 3.07. The molecule has 0 saturated heterocycles. The number of benzene rings is 2. The van der Waals surface area contributed by atoms with Crippen molar-refractivity contribution in [1.29, 1.82) is 0 Å². The Morgan fingerprint density at radius 2 is 1.71 bits per heavy atom. The van der Waals surface area contributed by atoms with Crippen molar-refractivity contribution < 1.29 is 4.74 Å². The van der Waals surface area contributed by atoms with Crippen LogP contribution in [0.3, 0.4) is 0 Å². The molecule has 142 valence electrons. The Morgan fingerprint density at radius 1 is 1.00 bits per heavy atom. The maximum atomic E-state index is 6.13. The second kappa shape index (κ2) is 7.00. The summed E-state index contributed by atoms with van der Waals surface area (Å²) in [5.41, 5.74) is 10.9. The summed E-state index contributed by atoms with van der Waals surface area (Å²) in [4.78, 5) is 4.69. The summed E-state index contributed by atoms with van der Waals surface area (Å²) in [6.07, 6.45) is 0. The monoisotopic (exact) mass is 372 g/mol. The first-order valence-corrected chi connectivity index (χ1v) is 9.34. The van der Waals surface area contributed by atoms with Crippen LogP contribution in [0.5, 0.6) is 5.75 Å². The van der Waals surface area contributed by atoms with Gasteiger partial charge in [-0.3, -0.25) is 5.10 Å². The van der Waals surface area contributed by atoms with Gasteiger partial charge in [0.05, 0.1) is 5.39 Å². The van der Waals surface area contributed by atoms with Crippen LogP contribution >= 0.6 is 0 Å². The van der Waals surface area contributed by atoms with Crippen LogP contribution < -0.4 is 10.5 Å². The fourth-order valence-electron chi connectivity index (χ4n) is 3.13. The first-order valence-electron chi connectivity index (χ1n) is 9.34. The van der Waals surface area contributed by atoms with E-state index in [2.05, 4.69) is 54.2 Å². The molecular formula is C23H24N4O. The second-order valence-electron chi connectivity index (χ2n) is 7.94. The number of nitrogens with two attached hydrogens (primary N) is 1. The molecule has 4 aromatic rings. The van der Waals surface area contributed by atoms with Gasteiger partial charge in [0.1, 0.15) is 18.2 Å². The zero-order valence-corrected chi connectivity index (χ0v) is 16.4. The maximum absolute atomic E-state index is 6.13. The van der Waals surface area contributed by atoms with E-state index in [9.17, 15) is 0 Å². The largest absolute Gasteiger partial charge is 0.489 e. The van der Waals surface area contributed by atoms with Gasteiger partial charge in [-0.15, -0.1) is 0 Å². The molecule has 4 rings (SSSR count). The quantitative estimate of drug-likeness (QED) is 0.523. The lowest BCUT2D eigenvalue weighted by atomic mass is 9.89. The smallest absolute Gasteiger partial charge is 0.184 e. The van der Waals surface area contributed by atoms with E-state index in [0.717, 1.165) is 33.5 Å². The number of aromatic amines is 1. The van der Waals surface area contributed by atoms with Crippen LogP contribution in [-0.4, -0.2) is 15.2 Å². The number of anilines is 1. The standard InChI is InChI=1S/C23H24N4O/c1-23(2,3)19-13-18(20-21(24)26-27-22(20)25-19)16-9-11-17(12-10-16)28-14-15-7-5-4-6-8-15/h4-13H,14H2,1-3H3,(H3,24,25,26,27). The molecule has 0 aliphatic carbocycles. The fraction of sp³-hybridized carbons (Fsp3) is 0.217. The van der Waals surface area contributed by atoms with E-state index in [1.807, 2.05) is 42.5 Å². The molecule has 0 atom stereocenters. The van der Waals surface area contributed by atoms with Gasteiger partial charge in [-0.1, -0.05) is 63.2 Å². The zero-order valence-electron chi connectivity index (χ0n) is 16.4. The van der Waals surface area contributed by atoms with Crippen LogP contribution in [0.15, 0.2) is 60.7 Å². The molecule has 2 aromatic carbocycles. The Morgan fingerprint density at radius 3 is 2.39 bits per heavy atom. The lowest BCUT2D eigenvalue weighted by Crippen LogP contribution is -2.13. The third-order valence-corrected chi connectivity index (χ3v) is 4.73. The molecule has 5 heteroatoms. The van der Waals surface area contributed by atoms with E-state index in [0.29, 0.717) is 18.1 Å². The Bertz CT molecular complexity index is 1090. The van der Waals surface area contributed by atoms with Crippen LogP contribution in [0.25, 0.3) is 22.2 Å². The van der Waals surface area contributed by atoms with Gasteiger partial charge in [0, 0.05) is 11.1 Å². The van der Waals surface area contributed by atoms with Gasteiger partial charge < -0.3 is 10.5 Å². The Balaban J connectivity index is 1.67. The lowest BCUT2D eigenvalue weighted by Gasteiger charge is -2.19. The van der Waals surface area contributed by atoms with Crippen molar-refractivity contribution in [3.8, 4) is 16.9 Å². The van der Waals surface area contributed by atoms with Crippen molar-refractivity contribution in [2.45, 2.75) is 32.8 Å². The highest BCUT2D eigenvalue weighted by Gasteiger charge is 2.21. The van der Waals surface area contributed by atoms with Gasteiger partial charge in [-0.2, -0.15) is 5.10 Å². The van der Waals surface area contributed by atoms with Crippen molar-refractivity contribution in [2.24, 2.45) is 0 Å². The molecule has 0 aliphatic heterocycles. The van der Waals surface area contributed by atoms with E-state index < -0.39 is 0 Å².